The van der Waals surface area contributed by atoms with Crippen LogP contribution < -0.4 is 5.32 Å². The van der Waals surface area contributed by atoms with E-state index in [0.29, 0.717) is 25.9 Å². The van der Waals surface area contributed by atoms with Crippen LogP contribution in [0.3, 0.4) is 0 Å². The molecule has 122 valence electrons. The second-order valence-corrected chi connectivity index (χ2v) is 5.27. The van der Waals surface area contributed by atoms with E-state index in [0.717, 1.165) is 6.07 Å². The van der Waals surface area contributed by atoms with Gasteiger partial charge in [-0.3, -0.25) is 0 Å². The molecule has 1 saturated heterocycles. The molecule has 1 aliphatic rings. The Labute approximate surface area is 127 Å². The lowest BCUT2D eigenvalue weighted by atomic mass is 10.0. The minimum absolute atomic E-state index is 0.0993. The first-order valence-electron chi connectivity index (χ1n) is 7.13. The van der Waals surface area contributed by atoms with Gasteiger partial charge in [0.1, 0.15) is 0 Å². The predicted octanol–water partition coefficient (Wildman–Crippen LogP) is 3.03. The number of nitrogens with one attached hydrogen (secondary N) is 1. The summed E-state index contributed by atoms with van der Waals surface area (Å²) in [6.07, 6.45) is -3.31. The minimum atomic E-state index is -4.34. The number of halogens is 3. The van der Waals surface area contributed by atoms with E-state index >= 15 is 0 Å². The van der Waals surface area contributed by atoms with Crippen molar-refractivity contribution in [3.63, 3.8) is 0 Å². The van der Waals surface area contributed by atoms with Crippen molar-refractivity contribution in [1.29, 1.82) is 0 Å². The lowest BCUT2D eigenvalue weighted by Gasteiger charge is -2.31. The number of methoxy groups -OCH3 is 1. The fourth-order valence-corrected chi connectivity index (χ4v) is 2.60. The number of carbonyl (C=O) groups is 1. The van der Waals surface area contributed by atoms with Crippen molar-refractivity contribution in [3.05, 3.63) is 35.4 Å². The van der Waals surface area contributed by atoms with E-state index < -0.39 is 11.7 Å². The van der Waals surface area contributed by atoms with Gasteiger partial charge in [0.15, 0.2) is 0 Å². The Morgan fingerprint density at radius 2 is 1.95 bits per heavy atom. The molecule has 0 saturated carbocycles. The van der Waals surface area contributed by atoms with Crippen LogP contribution in [-0.2, 0) is 17.5 Å². The van der Waals surface area contributed by atoms with Gasteiger partial charge in [-0.05, 0) is 24.5 Å². The molecule has 22 heavy (non-hydrogen) atoms. The van der Waals surface area contributed by atoms with E-state index in [-0.39, 0.29) is 24.2 Å². The summed E-state index contributed by atoms with van der Waals surface area (Å²) in [4.78, 5) is 13.0. The van der Waals surface area contributed by atoms with E-state index in [9.17, 15) is 18.0 Å². The van der Waals surface area contributed by atoms with E-state index in [4.69, 9.17) is 0 Å². The molecule has 1 aromatic rings. The molecule has 7 heteroatoms. The van der Waals surface area contributed by atoms with Crippen LogP contribution in [0.1, 0.15) is 24.0 Å². The quantitative estimate of drug-likeness (QED) is 0.932. The topological polar surface area (TPSA) is 41.6 Å². The SMILES string of the molecule is COC(=O)N1CCC(NCc2ccccc2C(F)(F)F)CC1. The highest BCUT2D eigenvalue weighted by Crippen LogP contribution is 2.31. The van der Waals surface area contributed by atoms with Gasteiger partial charge in [0, 0.05) is 25.7 Å². The van der Waals surface area contributed by atoms with Crippen molar-refractivity contribution in [2.75, 3.05) is 20.2 Å². The number of hydrogen-bond acceptors (Lipinski definition) is 3. The van der Waals surface area contributed by atoms with Gasteiger partial charge in [0.05, 0.1) is 12.7 Å². The zero-order chi connectivity index (χ0) is 16.2. The number of piperidine rings is 1. The predicted molar refractivity (Wildman–Crippen MR) is 75.3 cm³/mol. The molecule has 0 aliphatic carbocycles. The van der Waals surface area contributed by atoms with Crippen LogP contribution in [0.5, 0.6) is 0 Å². The minimum Gasteiger partial charge on any atom is -0.453 e. The molecule has 1 amide bonds. The van der Waals surface area contributed by atoms with Crippen molar-refractivity contribution in [2.45, 2.75) is 31.6 Å². The Morgan fingerprint density at radius 1 is 1.32 bits per heavy atom. The van der Waals surface area contributed by atoms with Crippen LogP contribution in [0.2, 0.25) is 0 Å². The van der Waals surface area contributed by atoms with E-state index in [1.807, 2.05) is 0 Å². The fraction of sp³-hybridized carbons (Fsp3) is 0.533. The second kappa shape index (κ2) is 7.00. The highest BCUT2D eigenvalue weighted by molar-refractivity contribution is 5.67. The van der Waals surface area contributed by atoms with E-state index in [1.54, 1.807) is 11.0 Å². The summed E-state index contributed by atoms with van der Waals surface area (Å²) >= 11 is 0. The van der Waals surface area contributed by atoms with Gasteiger partial charge in [-0.1, -0.05) is 18.2 Å². The number of amides is 1. The molecule has 2 rings (SSSR count). The molecule has 4 nitrogen and oxygen atoms in total. The van der Waals surface area contributed by atoms with Gasteiger partial charge < -0.3 is 15.0 Å². The van der Waals surface area contributed by atoms with Gasteiger partial charge in [-0.25, -0.2) is 4.79 Å². The molecule has 0 unspecified atom stereocenters. The Balaban J connectivity index is 1.89. The van der Waals surface area contributed by atoms with E-state index in [1.165, 1.54) is 19.2 Å². The smallest absolute Gasteiger partial charge is 0.416 e. The highest BCUT2D eigenvalue weighted by atomic mass is 19.4. The first-order valence-corrected chi connectivity index (χ1v) is 7.13. The van der Waals surface area contributed by atoms with Gasteiger partial charge in [0.25, 0.3) is 0 Å². The summed E-state index contributed by atoms with van der Waals surface area (Å²) in [6, 6.07) is 5.67. The molecule has 0 bridgehead atoms. The molecule has 0 radical (unpaired) electrons. The van der Waals surface area contributed by atoms with Crippen molar-refractivity contribution in [3.8, 4) is 0 Å². The van der Waals surface area contributed by atoms with E-state index in [2.05, 4.69) is 10.1 Å². The molecule has 1 aliphatic heterocycles. The first-order chi connectivity index (χ1) is 10.4. The average molecular weight is 316 g/mol. The van der Waals surface area contributed by atoms with Gasteiger partial charge in [0.2, 0.25) is 0 Å². The normalized spacial score (nSPS) is 16.6. The number of rotatable bonds is 3. The van der Waals surface area contributed by atoms with Crippen LogP contribution in [0.4, 0.5) is 18.0 Å². The van der Waals surface area contributed by atoms with Crippen LogP contribution in [0.25, 0.3) is 0 Å². The van der Waals surface area contributed by atoms with Crippen molar-refractivity contribution in [2.24, 2.45) is 0 Å². The summed E-state index contributed by atoms with van der Waals surface area (Å²) in [5, 5.41) is 3.15. The molecular formula is C15H19F3N2O2. The molecule has 0 atom stereocenters. The summed E-state index contributed by atoms with van der Waals surface area (Å²) in [5.41, 5.74) is -0.361. The maximum Gasteiger partial charge on any atom is 0.416 e. The molecule has 1 fully saturated rings. The zero-order valence-electron chi connectivity index (χ0n) is 12.3. The third kappa shape index (κ3) is 4.13. The Morgan fingerprint density at radius 3 is 2.55 bits per heavy atom. The van der Waals surface area contributed by atoms with Crippen LogP contribution in [0, 0.1) is 0 Å². The van der Waals surface area contributed by atoms with Gasteiger partial charge in [-0.2, -0.15) is 13.2 Å². The third-order valence-corrected chi connectivity index (χ3v) is 3.83. The largest absolute Gasteiger partial charge is 0.453 e. The molecular weight excluding hydrogens is 297 g/mol. The number of likely N-dealkylation sites (tertiary alicyclic amines) is 1. The van der Waals surface area contributed by atoms with Crippen LogP contribution >= 0.6 is 0 Å². The number of alkyl halides is 3. The summed E-state index contributed by atoms with van der Waals surface area (Å²) in [6.45, 7) is 1.26. The molecule has 0 aromatic heterocycles. The molecule has 1 heterocycles. The summed E-state index contributed by atoms with van der Waals surface area (Å²) in [7, 11) is 1.33. The number of hydrogen-bond donors (Lipinski definition) is 1. The highest BCUT2D eigenvalue weighted by Gasteiger charge is 2.33. The van der Waals surface area contributed by atoms with Crippen molar-refractivity contribution in [1.82, 2.24) is 10.2 Å². The Hall–Kier alpha value is -1.76. The number of ether oxygens (including phenoxy) is 1. The third-order valence-electron chi connectivity index (χ3n) is 3.83. The number of carbonyl (C=O) groups excluding carboxylic acids is 1. The van der Waals surface area contributed by atoms with Crippen LogP contribution in [-0.4, -0.2) is 37.2 Å². The maximum absolute atomic E-state index is 12.9. The monoisotopic (exact) mass is 316 g/mol. The zero-order valence-corrected chi connectivity index (χ0v) is 12.3. The fourth-order valence-electron chi connectivity index (χ4n) is 2.60. The Kier molecular flexibility index (Phi) is 5.28. The molecule has 0 spiro atoms. The summed E-state index contributed by atoms with van der Waals surface area (Å²) in [5.74, 6) is 0. The van der Waals surface area contributed by atoms with Gasteiger partial charge in [-0.15, -0.1) is 0 Å². The molecule has 1 N–H and O–H groups in total. The number of nitrogens with zero attached hydrogens (tertiary/aromatic N) is 1. The first kappa shape index (κ1) is 16.6. The van der Waals surface area contributed by atoms with Crippen LogP contribution in [0.15, 0.2) is 24.3 Å². The number of benzene rings is 1. The van der Waals surface area contributed by atoms with Crippen molar-refractivity contribution >= 4 is 6.09 Å². The van der Waals surface area contributed by atoms with Gasteiger partial charge >= 0.3 is 12.3 Å². The standard InChI is InChI=1S/C15H19F3N2O2/c1-22-14(21)20-8-6-12(7-9-20)19-10-11-4-2-3-5-13(11)15(16,17)18/h2-5,12,19H,6-10H2,1H3. The lowest BCUT2D eigenvalue weighted by molar-refractivity contribution is -0.138. The molecule has 1 aromatic carbocycles. The maximum atomic E-state index is 12.9. The van der Waals surface area contributed by atoms with Crippen molar-refractivity contribution < 1.29 is 22.7 Å². The average Bonchev–Trinajstić information content (AvgIpc) is 2.52. The lowest BCUT2D eigenvalue weighted by Crippen LogP contribution is -2.44. The summed E-state index contributed by atoms with van der Waals surface area (Å²) < 4.78 is 43.4. The second-order valence-electron chi connectivity index (χ2n) is 5.27. The Bertz CT molecular complexity index is 512.